The minimum Gasteiger partial charge on any atom is -0.361 e. The van der Waals surface area contributed by atoms with Crippen LogP contribution in [0.1, 0.15) is 16.8 Å². The summed E-state index contributed by atoms with van der Waals surface area (Å²) in [6.07, 6.45) is 1.91. The maximum Gasteiger partial charge on any atom is 0.253 e. The van der Waals surface area contributed by atoms with E-state index in [0.29, 0.717) is 41.5 Å². The molecule has 10 nitrogen and oxygen atoms in total. The van der Waals surface area contributed by atoms with E-state index < -0.39 is 26.0 Å². The molecule has 4 aromatic rings. The van der Waals surface area contributed by atoms with Crippen molar-refractivity contribution in [3.63, 3.8) is 0 Å². The van der Waals surface area contributed by atoms with E-state index >= 15 is 0 Å². The Morgan fingerprint density at radius 2 is 1.46 bits per heavy atom. The zero-order valence-electron chi connectivity index (χ0n) is 30.2. The molecular weight excluding hydrogens is 708 g/mol. The van der Waals surface area contributed by atoms with Crippen molar-refractivity contribution in [2.45, 2.75) is 75.8 Å². The molecule has 1 atom stereocenters. The van der Waals surface area contributed by atoms with E-state index in [1.54, 1.807) is 6.07 Å². The summed E-state index contributed by atoms with van der Waals surface area (Å²) in [5.74, 6) is -0.00615. The topological polar surface area (TPSA) is 113 Å². The first kappa shape index (κ1) is 38.3. The summed E-state index contributed by atoms with van der Waals surface area (Å²) in [4.78, 5) is 24.1. The van der Waals surface area contributed by atoms with Crippen molar-refractivity contribution in [1.29, 1.82) is 0 Å². The molecule has 5 rings (SSSR count). The molecular formula is C36H49ClN4O6SSi2. The second-order valence-electron chi connectivity index (χ2n) is 15.4. The number of amides is 1. The number of pyridine rings is 1. The lowest BCUT2D eigenvalue weighted by Crippen LogP contribution is -2.30. The summed E-state index contributed by atoms with van der Waals surface area (Å²) < 4.78 is 44.2. The highest BCUT2D eigenvalue weighted by atomic mass is 35.5. The van der Waals surface area contributed by atoms with Crippen LogP contribution in [0.5, 0.6) is 0 Å². The van der Waals surface area contributed by atoms with Gasteiger partial charge in [0.25, 0.3) is 5.91 Å². The molecule has 1 fully saturated rings. The summed E-state index contributed by atoms with van der Waals surface area (Å²) in [5.41, 5.74) is 4.61. The lowest BCUT2D eigenvalue weighted by Gasteiger charge is -2.18. The average molecular weight is 758 g/mol. The number of rotatable bonds is 15. The fourth-order valence-corrected chi connectivity index (χ4v) is 8.16. The largest absolute Gasteiger partial charge is 0.361 e. The Morgan fingerprint density at radius 3 is 2.06 bits per heavy atom. The van der Waals surface area contributed by atoms with Gasteiger partial charge < -0.3 is 19.1 Å². The number of fused-ring (bicyclic) bond motifs is 1. The maximum absolute atomic E-state index is 13.2. The molecule has 0 saturated carbocycles. The van der Waals surface area contributed by atoms with Crippen LogP contribution < -0.4 is 0 Å². The Bertz CT molecular complexity index is 1910. The Kier molecular flexibility index (Phi) is 12.1. The molecule has 1 unspecified atom stereocenters. The zero-order chi connectivity index (χ0) is 36.3. The van der Waals surface area contributed by atoms with Crippen molar-refractivity contribution in [3.8, 4) is 22.4 Å². The number of hydrogen-bond acceptors (Lipinski definition) is 8. The molecule has 0 aliphatic carbocycles. The first-order valence-electron chi connectivity index (χ1n) is 17.0. The van der Waals surface area contributed by atoms with Gasteiger partial charge >= 0.3 is 0 Å². The number of hydrogen-bond donors (Lipinski definition) is 0. The van der Waals surface area contributed by atoms with Crippen LogP contribution in [-0.4, -0.2) is 95.4 Å². The second kappa shape index (κ2) is 15.8. The summed E-state index contributed by atoms with van der Waals surface area (Å²) in [7, 11) is -6.09. The van der Waals surface area contributed by atoms with Crippen molar-refractivity contribution < 1.29 is 27.4 Å². The van der Waals surface area contributed by atoms with E-state index in [2.05, 4.69) is 49.3 Å². The molecule has 0 N–H and O–H groups in total. The molecule has 3 heterocycles. The first-order chi connectivity index (χ1) is 23.5. The Balaban J connectivity index is 1.23. The number of carbonyl (C=O) groups excluding carboxylic acids is 1. The van der Waals surface area contributed by atoms with Crippen molar-refractivity contribution in [3.05, 3.63) is 65.2 Å². The van der Waals surface area contributed by atoms with Gasteiger partial charge in [0.15, 0.2) is 5.65 Å². The van der Waals surface area contributed by atoms with Gasteiger partial charge in [-0.05, 0) is 47.8 Å². The van der Waals surface area contributed by atoms with E-state index in [1.165, 1.54) is 4.57 Å². The van der Waals surface area contributed by atoms with Gasteiger partial charge in [-0.1, -0.05) is 87.3 Å². The zero-order valence-corrected chi connectivity index (χ0v) is 33.7. The molecule has 2 aromatic heterocycles. The number of sulfone groups is 1. The molecule has 270 valence electrons. The Labute approximate surface area is 303 Å². The van der Waals surface area contributed by atoms with Gasteiger partial charge in [0.2, 0.25) is 15.0 Å². The van der Waals surface area contributed by atoms with Crippen LogP contribution in [0.15, 0.2) is 59.8 Å². The summed E-state index contributed by atoms with van der Waals surface area (Å²) in [6.45, 7) is 16.5. The highest BCUT2D eigenvalue weighted by Gasteiger charge is 2.28. The van der Waals surface area contributed by atoms with Crippen molar-refractivity contribution in [2.24, 2.45) is 0 Å². The SMILES string of the molecule is C[Si](C)(C)CCOCOC1CCN(C(=O)c2ccc(-c3ccc(-c4nc5nc(S(C)(=O)=O)n(COCC[Si](C)(C)C)c5cc4Cl)cc3)cc2)C1. The molecule has 1 saturated heterocycles. The molecule has 50 heavy (non-hydrogen) atoms. The van der Waals surface area contributed by atoms with Crippen LogP contribution >= 0.6 is 11.6 Å². The lowest BCUT2D eigenvalue weighted by molar-refractivity contribution is -0.0815. The van der Waals surface area contributed by atoms with Crippen molar-refractivity contribution in [1.82, 2.24) is 19.4 Å². The second-order valence-corrected chi connectivity index (χ2v) is 29.0. The molecule has 0 radical (unpaired) electrons. The van der Waals surface area contributed by atoms with Crippen LogP contribution in [0, 0.1) is 0 Å². The predicted octanol–water partition coefficient (Wildman–Crippen LogP) is 7.68. The summed E-state index contributed by atoms with van der Waals surface area (Å²) >= 11 is 6.74. The fourth-order valence-electron chi connectivity index (χ4n) is 5.59. The van der Waals surface area contributed by atoms with Gasteiger partial charge in [0, 0.05) is 59.8 Å². The van der Waals surface area contributed by atoms with E-state index in [9.17, 15) is 13.2 Å². The Morgan fingerprint density at radius 1 is 0.880 bits per heavy atom. The standard InChI is InChI=1S/C36H49ClN4O6SSi2/c1-48(43,44)36-39-34-32(41(36)24-45-18-20-49(2,3)4)22-31(37)33(38-34)28-12-8-26(9-13-28)27-10-14-29(15-11-27)35(42)40-17-16-30(23-40)47-25-46-19-21-50(5,6)7/h8-15,22,30H,16-21,23-25H2,1-7H3. The number of nitrogens with zero attached hydrogens (tertiary/aromatic N) is 4. The van der Waals surface area contributed by atoms with Gasteiger partial charge in [-0.25, -0.2) is 13.4 Å². The summed E-state index contributed by atoms with van der Waals surface area (Å²) in [5, 5.41) is 0.273. The van der Waals surface area contributed by atoms with Gasteiger partial charge in [-0.15, -0.1) is 0 Å². The number of halogens is 1. The van der Waals surface area contributed by atoms with E-state index in [-0.39, 0.29) is 36.3 Å². The van der Waals surface area contributed by atoms with Crippen LogP contribution in [0.25, 0.3) is 33.5 Å². The normalized spacial score (nSPS) is 15.7. The average Bonchev–Trinajstić information content (AvgIpc) is 3.66. The van der Waals surface area contributed by atoms with Crippen LogP contribution in [0.3, 0.4) is 0 Å². The number of carbonyl (C=O) groups is 1. The first-order valence-corrected chi connectivity index (χ1v) is 26.7. The summed E-state index contributed by atoms with van der Waals surface area (Å²) in [6, 6.07) is 19.1. The van der Waals surface area contributed by atoms with Gasteiger partial charge in [-0.3, -0.25) is 9.36 Å². The van der Waals surface area contributed by atoms with Crippen LogP contribution in [0.2, 0.25) is 56.4 Å². The molecule has 1 amide bonds. The van der Waals surface area contributed by atoms with Gasteiger partial charge in [0.05, 0.1) is 22.3 Å². The number of imidazole rings is 1. The maximum atomic E-state index is 13.2. The molecule has 0 spiro atoms. The third kappa shape index (κ3) is 10.1. The quantitative estimate of drug-likeness (QED) is 0.0690. The van der Waals surface area contributed by atoms with Crippen LogP contribution in [0.4, 0.5) is 0 Å². The molecule has 0 bridgehead atoms. The monoisotopic (exact) mass is 756 g/mol. The fraction of sp³-hybridized carbons (Fsp3) is 0.472. The van der Waals surface area contributed by atoms with Gasteiger partial charge in [0.1, 0.15) is 13.5 Å². The third-order valence-electron chi connectivity index (χ3n) is 8.65. The molecule has 1 aliphatic heterocycles. The smallest absolute Gasteiger partial charge is 0.253 e. The predicted molar refractivity (Wildman–Crippen MR) is 205 cm³/mol. The molecule has 1 aliphatic rings. The van der Waals surface area contributed by atoms with Crippen molar-refractivity contribution in [2.75, 3.05) is 39.4 Å². The van der Waals surface area contributed by atoms with E-state index in [1.807, 2.05) is 53.4 Å². The van der Waals surface area contributed by atoms with Crippen molar-refractivity contribution >= 4 is 54.7 Å². The minimum absolute atomic E-state index is 0.00615. The highest BCUT2D eigenvalue weighted by Crippen LogP contribution is 2.32. The third-order valence-corrected chi connectivity index (χ3v) is 13.3. The minimum atomic E-state index is -3.65. The highest BCUT2D eigenvalue weighted by molar-refractivity contribution is 7.90. The Hall–Kier alpha value is -2.92. The van der Waals surface area contributed by atoms with Gasteiger partial charge in [-0.2, -0.15) is 4.98 Å². The molecule has 2 aromatic carbocycles. The number of benzene rings is 2. The lowest BCUT2D eigenvalue weighted by atomic mass is 10.0. The number of aromatic nitrogens is 3. The van der Waals surface area contributed by atoms with E-state index in [4.69, 9.17) is 25.8 Å². The van der Waals surface area contributed by atoms with E-state index in [0.717, 1.165) is 48.1 Å². The molecule has 14 heteroatoms. The number of likely N-dealkylation sites (tertiary alicyclic amines) is 1. The number of ether oxygens (including phenoxy) is 3. The van der Waals surface area contributed by atoms with Crippen LogP contribution in [-0.2, 0) is 30.8 Å².